The summed E-state index contributed by atoms with van der Waals surface area (Å²) in [5.41, 5.74) is 0.486. The zero-order valence-corrected chi connectivity index (χ0v) is 11.0. The second-order valence-corrected chi connectivity index (χ2v) is 3.97. The van der Waals surface area contributed by atoms with Gasteiger partial charge < -0.3 is 15.4 Å². The number of halogens is 1. The summed E-state index contributed by atoms with van der Waals surface area (Å²) in [5.74, 6) is -0.351. The van der Waals surface area contributed by atoms with E-state index in [1.165, 1.54) is 32.2 Å². The van der Waals surface area contributed by atoms with E-state index >= 15 is 0 Å². The summed E-state index contributed by atoms with van der Waals surface area (Å²) in [5, 5.41) is 5.18. The van der Waals surface area contributed by atoms with Gasteiger partial charge in [0.2, 0.25) is 11.8 Å². The van der Waals surface area contributed by atoms with Crippen LogP contribution in [0.2, 0.25) is 0 Å². The van der Waals surface area contributed by atoms with Crippen molar-refractivity contribution in [1.82, 2.24) is 10.6 Å². The first kappa shape index (κ1) is 14.9. The number of rotatable bonds is 6. The van der Waals surface area contributed by atoms with E-state index in [0.717, 1.165) is 0 Å². The monoisotopic (exact) mass is 268 g/mol. The molecule has 0 saturated heterocycles. The van der Waals surface area contributed by atoms with Crippen LogP contribution in [0.25, 0.3) is 0 Å². The highest BCUT2D eigenvalue weighted by molar-refractivity contribution is 5.79. The largest absolute Gasteiger partial charge is 0.496 e. The number of carbonyl (C=O) groups excluding carboxylic acids is 2. The quantitative estimate of drug-likeness (QED) is 0.744. The highest BCUT2D eigenvalue weighted by atomic mass is 19.1. The number of hydrogen-bond acceptors (Lipinski definition) is 3. The first-order valence-corrected chi connectivity index (χ1v) is 5.86. The summed E-state index contributed by atoms with van der Waals surface area (Å²) in [7, 11) is 1.46. The van der Waals surface area contributed by atoms with Crippen LogP contribution in [0.5, 0.6) is 5.75 Å². The van der Waals surface area contributed by atoms with Crippen molar-refractivity contribution in [3.63, 3.8) is 0 Å². The number of methoxy groups -OCH3 is 1. The molecule has 0 aliphatic rings. The van der Waals surface area contributed by atoms with Gasteiger partial charge in [0.1, 0.15) is 11.6 Å². The van der Waals surface area contributed by atoms with Crippen molar-refractivity contribution < 1.29 is 18.7 Å². The van der Waals surface area contributed by atoms with Gasteiger partial charge in [0, 0.05) is 25.6 Å². The Kier molecular flexibility index (Phi) is 5.78. The number of nitrogens with one attached hydrogen (secondary N) is 2. The number of benzene rings is 1. The molecule has 2 N–H and O–H groups in total. The summed E-state index contributed by atoms with van der Waals surface area (Å²) in [6.45, 7) is 2.09. The fourth-order valence-corrected chi connectivity index (χ4v) is 1.56. The van der Waals surface area contributed by atoms with Crippen LogP contribution in [0.1, 0.15) is 12.5 Å². The summed E-state index contributed by atoms with van der Waals surface area (Å²) in [6.07, 6.45) is 0.0288. The van der Waals surface area contributed by atoms with Crippen LogP contribution in [0.3, 0.4) is 0 Å². The zero-order chi connectivity index (χ0) is 14.3. The van der Waals surface area contributed by atoms with Crippen LogP contribution >= 0.6 is 0 Å². The van der Waals surface area contributed by atoms with E-state index in [-0.39, 0.29) is 18.2 Å². The van der Waals surface area contributed by atoms with Gasteiger partial charge in [-0.1, -0.05) is 0 Å². The van der Waals surface area contributed by atoms with E-state index in [2.05, 4.69) is 10.6 Å². The molecule has 0 unspecified atom stereocenters. The van der Waals surface area contributed by atoms with Gasteiger partial charge in [-0.3, -0.25) is 9.59 Å². The minimum absolute atomic E-state index is 0.0288. The minimum Gasteiger partial charge on any atom is -0.496 e. The predicted octanol–water partition coefficient (Wildman–Crippen LogP) is 0.629. The van der Waals surface area contributed by atoms with Crippen molar-refractivity contribution in [2.24, 2.45) is 0 Å². The Morgan fingerprint density at radius 2 is 1.95 bits per heavy atom. The van der Waals surface area contributed by atoms with Gasteiger partial charge in [-0.2, -0.15) is 0 Å². The molecule has 0 radical (unpaired) electrons. The highest BCUT2D eigenvalue weighted by Crippen LogP contribution is 2.19. The molecule has 6 heteroatoms. The Hall–Kier alpha value is -2.11. The standard InChI is InChI=1S/C13H17FN2O3/c1-9(17)15-5-6-16-13(18)8-10-7-11(14)3-4-12(10)19-2/h3-4,7H,5-6,8H2,1-2H3,(H,15,17)(H,16,18). The molecule has 0 fully saturated rings. The maximum absolute atomic E-state index is 13.1. The van der Waals surface area contributed by atoms with Gasteiger partial charge in [0.25, 0.3) is 0 Å². The Morgan fingerprint density at radius 3 is 2.58 bits per heavy atom. The summed E-state index contributed by atoms with van der Waals surface area (Å²) in [4.78, 5) is 22.3. The maximum Gasteiger partial charge on any atom is 0.224 e. The van der Waals surface area contributed by atoms with Gasteiger partial charge in [-0.15, -0.1) is 0 Å². The van der Waals surface area contributed by atoms with Gasteiger partial charge in [-0.05, 0) is 18.2 Å². The number of ether oxygens (including phenoxy) is 1. The molecule has 0 aromatic heterocycles. The molecule has 0 atom stereocenters. The predicted molar refractivity (Wildman–Crippen MR) is 68.3 cm³/mol. The van der Waals surface area contributed by atoms with Crippen molar-refractivity contribution in [3.8, 4) is 5.75 Å². The molecule has 19 heavy (non-hydrogen) atoms. The lowest BCUT2D eigenvalue weighted by atomic mass is 10.1. The molecule has 2 amide bonds. The summed E-state index contributed by atoms with van der Waals surface area (Å²) < 4.78 is 18.1. The molecule has 0 heterocycles. The first-order chi connectivity index (χ1) is 9.02. The Morgan fingerprint density at radius 1 is 1.26 bits per heavy atom. The van der Waals surface area contributed by atoms with Gasteiger partial charge in [0.05, 0.1) is 13.5 Å². The van der Waals surface area contributed by atoms with Crippen LogP contribution in [-0.2, 0) is 16.0 Å². The molecule has 0 aliphatic carbocycles. The molecule has 5 nitrogen and oxygen atoms in total. The average Bonchev–Trinajstić information content (AvgIpc) is 2.35. The molecule has 0 spiro atoms. The van der Waals surface area contributed by atoms with E-state index in [1.54, 1.807) is 0 Å². The lowest BCUT2D eigenvalue weighted by Gasteiger charge is -2.09. The van der Waals surface area contributed by atoms with Crippen LogP contribution in [0, 0.1) is 5.82 Å². The number of carbonyl (C=O) groups is 2. The number of amides is 2. The van der Waals surface area contributed by atoms with Crippen LogP contribution in [0.4, 0.5) is 4.39 Å². The normalized spacial score (nSPS) is 9.84. The molecule has 1 aromatic carbocycles. The van der Waals surface area contributed by atoms with E-state index in [4.69, 9.17) is 4.74 Å². The van der Waals surface area contributed by atoms with Gasteiger partial charge in [0.15, 0.2) is 0 Å². The third kappa shape index (κ3) is 5.37. The van der Waals surface area contributed by atoms with Gasteiger partial charge >= 0.3 is 0 Å². The van der Waals surface area contributed by atoms with Crippen LogP contribution < -0.4 is 15.4 Å². The molecule has 0 bridgehead atoms. The zero-order valence-electron chi connectivity index (χ0n) is 11.0. The Bertz CT molecular complexity index is 463. The van der Waals surface area contributed by atoms with Crippen LogP contribution in [-0.4, -0.2) is 32.0 Å². The average molecular weight is 268 g/mol. The second kappa shape index (κ2) is 7.35. The third-order valence-electron chi connectivity index (χ3n) is 2.41. The van der Waals surface area contributed by atoms with Crippen molar-refractivity contribution in [1.29, 1.82) is 0 Å². The first-order valence-electron chi connectivity index (χ1n) is 5.86. The molecular formula is C13H17FN2O3. The van der Waals surface area contributed by atoms with Crippen molar-refractivity contribution in [3.05, 3.63) is 29.6 Å². The van der Waals surface area contributed by atoms with Crippen molar-refractivity contribution in [2.75, 3.05) is 20.2 Å². The van der Waals surface area contributed by atoms with E-state index < -0.39 is 5.82 Å². The Balaban J connectivity index is 2.47. The van der Waals surface area contributed by atoms with Gasteiger partial charge in [-0.25, -0.2) is 4.39 Å². The molecular weight excluding hydrogens is 251 g/mol. The highest BCUT2D eigenvalue weighted by Gasteiger charge is 2.09. The smallest absolute Gasteiger partial charge is 0.224 e. The lowest BCUT2D eigenvalue weighted by Crippen LogP contribution is -2.34. The third-order valence-corrected chi connectivity index (χ3v) is 2.41. The SMILES string of the molecule is COc1ccc(F)cc1CC(=O)NCCNC(C)=O. The van der Waals surface area contributed by atoms with Crippen molar-refractivity contribution >= 4 is 11.8 Å². The van der Waals surface area contributed by atoms with Crippen molar-refractivity contribution in [2.45, 2.75) is 13.3 Å². The molecule has 0 saturated carbocycles. The van der Waals surface area contributed by atoms with E-state index in [9.17, 15) is 14.0 Å². The number of hydrogen-bond donors (Lipinski definition) is 2. The summed E-state index contributed by atoms with van der Waals surface area (Å²) in [6, 6.07) is 4.03. The van der Waals surface area contributed by atoms with E-state index in [0.29, 0.717) is 24.4 Å². The summed E-state index contributed by atoms with van der Waals surface area (Å²) >= 11 is 0. The molecule has 1 aromatic rings. The maximum atomic E-state index is 13.1. The second-order valence-electron chi connectivity index (χ2n) is 3.97. The Labute approximate surface area is 111 Å². The molecule has 0 aliphatic heterocycles. The van der Waals surface area contributed by atoms with E-state index in [1.807, 2.05) is 0 Å². The molecule has 104 valence electrons. The fourth-order valence-electron chi connectivity index (χ4n) is 1.56. The minimum atomic E-state index is -0.415. The topological polar surface area (TPSA) is 67.4 Å². The molecule has 1 rings (SSSR count). The van der Waals surface area contributed by atoms with Crippen LogP contribution in [0.15, 0.2) is 18.2 Å². The fraction of sp³-hybridized carbons (Fsp3) is 0.385. The lowest BCUT2D eigenvalue weighted by molar-refractivity contribution is -0.121.